The van der Waals surface area contributed by atoms with Gasteiger partial charge in [-0.1, -0.05) is 55.5 Å². The van der Waals surface area contributed by atoms with E-state index in [1.165, 1.54) is 11.1 Å². The fraction of sp³-hybridized carbons (Fsp3) is 0.407. The molecule has 0 saturated heterocycles. The van der Waals surface area contributed by atoms with Crippen LogP contribution in [0.2, 0.25) is 0 Å². The molecule has 2 unspecified atom stereocenters. The number of ether oxygens (including phenoxy) is 4. The van der Waals surface area contributed by atoms with Gasteiger partial charge in [0.2, 0.25) is 0 Å². The lowest BCUT2D eigenvalue weighted by atomic mass is 9.89. The molecule has 0 spiro atoms. The van der Waals surface area contributed by atoms with E-state index < -0.39 is 0 Å². The van der Waals surface area contributed by atoms with E-state index in [1.54, 1.807) is 0 Å². The standard InChI is InChI=1S/C27H36O4/c1-8-27(23-9-13-25(14-10-23)30-21(6)28-17-19(2)3)24-11-15-26(16-12-24)31-22(7)29-18-20(4)5/h9-16,21-22,27H,2,4,8,17-18H2,1,3,5-7H3. The van der Waals surface area contributed by atoms with Crippen LogP contribution in [0.5, 0.6) is 11.5 Å². The molecule has 31 heavy (non-hydrogen) atoms. The quantitative estimate of drug-likeness (QED) is 0.260. The van der Waals surface area contributed by atoms with Gasteiger partial charge in [-0.05, 0) is 69.5 Å². The van der Waals surface area contributed by atoms with Gasteiger partial charge in [0, 0.05) is 5.92 Å². The second-order valence-corrected chi connectivity index (χ2v) is 8.01. The Morgan fingerprint density at radius 3 is 1.35 bits per heavy atom. The van der Waals surface area contributed by atoms with Gasteiger partial charge in [0.1, 0.15) is 11.5 Å². The van der Waals surface area contributed by atoms with Crippen molar-refractivity contribution in [1.29, 1.82) is 0 Å². The van der Waals surface area contributed by atoms with Crippen LogP contribution in [0.4, 0.5) is 0 Å². The van der Waals surface area contributed by atoms with Gasteiger partial charge in [0.25, 0.3) is 0 Å². The molecule has 0 aromatic heterocycles. The topological polar surface area (TPSA) is 36.9 Å². The van der Waals surface area contributed by atoms with E-state index in [2.05, 4.69) is 44.3 Å². The van der Waals surface area contributed by atoms with E-state index in [4.69, 9.17) is 18.9 Å². The van der Waals surface area contributed by atoms with Gasteiger partial charge >= 0.3 is 0 Å². The van der Waals surface area contributed by atoms with Crippen molar-refractivity contribution in [3.05, 3.63) is 84.0 Å². The van der Waals surface area contributed by atoms with Gasteiger partial charge in [-0.15, -0.1) is 0 Å². The lowest BCUT2D eigenvalue weighted by Gasteiger charge is -2.19. The van der Waals surface area contributed by atoms with Crippen LogP contribution >= 0.6 is 0 Å². The molecule has 2 rings (SSSR count). The number of hydrogen-bond acceptors (Lipinski definition) is 4. The molecular formula is C27H36O4. The minimum Gasteiger partial charge on any atom is -0.465 e. The van der Waals surface area contributed by atoms with Crippen LogP contribution in [-0.2, 0) is 9.47 Å². The maximum atomic E-state index is 5.83. The van der Waals surface area contributed by atoms with E-state index in [9.17, 15) is 0 Å². The minimum atomic E-state index is -0.321. The second kappa shape index (κ2) is 12.3. The summed E-state index contributed by atoms with van der Waals surface area (Å²) in [4.78, 5) is 0. The van der Waals surface area contributed by atoms with E-state index in [0.717, 1.165) is 29.1 Å². The highest BCUT2D eigenvalue weighted by Crippen LogP contribution is 2.30. The molecule has 0 aliphatic rings. The van der Waals surface area contributed by atoms with Crippen LogP contribution in [-0.4, -0.2) is 25.8 Å². The first-order chi connectivity index (χ1) is 14.8. The first-order valence-corrected chi connectivity index (χ1v) is 10.8. The molecule has 0 fully saturated rings. The molecule has 168 valence electrons. The Morgan fingerprint density at radius 1 is 0.710 bits per heavy atom. The molecule has 0 radical (unpaired) electrons. The Kier molecular flexibility index (Phi) is 9.83. The van der Waals surface area contributed by atoms with Crippen LogP contribution < -0.4 is 9.47 Å². The van der Waals surface area contributed by atoms with Crippen molar-refractivity contribution in [3.8, 4) is 11.5 Å². The van der Waals surface area contributed by atoms with Crippen molar-refractivity contribution in [2.75, 3.05) is 13.2 Å². The van der Waals surface area contributed by atoms with E-state index in [0.29, 0.717) is 19.1 Å². The fourth-order valence-corrected chi connectivity index (χ4v) is 3.19. The van der Waals surface area contributed by atoms with Crippen LogP contribution in [0.1, 0.15) is 58.1 Å². The largest absolute Gasteiger partial charge is 0.465 e. The van der Waals surface area contributed by atoms with Crippen molar-refractivity contribution in [2.24, 2.45) is 0 Å². The summed E-state index contributed by atoms with van der Waals surface area (Å²) in [6, 6.07) is 16.5. The highest BCUT2D eigenvalue weighted by Gasteiger charge is 2.14. The van der Waals surface area contributed by atoms with E-state index in [-0.39, 0.29) is 12.6 Å². The average Bonchev–Trinajstić information content (AvgIpc) is 2.73. The lowest BCUT2D eigenvalue weighted by Crippen LogP contribution is -2.17. The van der Waals surface area contributed by atoms with Crippen LogP contribution in [0.3, 0.4) is 0 Å². The molecule has 2 aromatic carbocycles. The summed E-state index contributed by atoms with van der Waals surface area (Å²) in [5.74, 6) is 1.89. The molecule has 0 bridgehead atoms. The molecule has 2 aromatic rings. The molecule has 0 heterocycles. The Balaban J connectivity index is 1.98. The van der Waals surface area contributed by atoms with Crippen LogP contribution in [0.25, 0.3) is 0 Å². The zero-order valence-electron chi connectivity index (χ0n) is 19.5. The van der Waals surface area contributed by atoms with Gasteiger partial charge in [-0.3, -0.25) is 0 Å². The second-order valence-electron chi connectivity index (χ2n) is 8.01. The number of benzene rings is 2. The summed E-state index contributed by atoms with van der Waals surface area (Å²) in [5.41, 5.74) is 4.44. The summed E-state index contributed by atoms with van der Waals surface area (Å²) in [6.45, 7) is 18.5. The van der Waals surface area contributed by atoms with Crippen molar-refractivity contribution in [3.63, 3.8) is 0 Å². The molecular weight excluding hydrogens is 388 g/mol. The first-order valence-electron chi connectivity index (χ1n) is 10.8. The predicted molar refractivity (Wildman–Crippen MR) is 127 cm³/mol. The zero-order chi connectivity index (χ0) is 22.8. The van der Waals surface area contributed by atoms with Crippen molar-refractivity contribution >= 4 is 0 Å². The highest BCUT2D eigenvalue weighted by molar-refractivity contribution is 5.38. The summed E-state index contributed by atoms with van der Waals surface area (Å²) < 4.78 is 22.8. The normalized spacial score (nSPS) is 13.8. The average molecular weight is 425 g/mol. The summed E-state index contributed by atoms with van der Waals surface area (Å²) >= 11 is 0. The molecule has 4 heteroatoms. The van der Waals surface area contributed by atoms with Crippen LogP contribution in [0.15, 0.2) is 72.8 Å². The molecule has 0 aliphatic heterocycles. The van der Waals surface area contributed by atoms with Crippen LogP contribution in [0, 0.1) is 0 Å². The third kappa shape index (κ3) is 8.60. The molecule has 0 saturated carbocycles. The maximum Gasteiger partial charge on any atom is 0.197 e. The third-order valence-corrected chi connectivity index (χ3v) is 4.71. The molecule has 0 amide bonds. The summed E-state index contributed by atoms with van der Waals surface area (Å²) in [5, 5.41) is 0. The van der Waals surface area contributed by atoms with E-state index >= 15 is 0 Å². The Morgan fingerprint density at radius 2 is 1.06 bits per heavy atom. The molecule has 0 N–H and O–H groups in total. The smallest absolute Gasteiger partial charge is 0.197 e. The van der Waals surface area contributed by atoms with Gasteiger partial charge in [-0.2, -0.15) is 0 Å². The predicted octanol–water partition coefficient (Wildman–Crippen LogP) is 6.86. The highest BCUT2D eigenvalue weighted by atomic mass is 16.7. The third-order valence-electron chi connectivity index (χ3n) is 4.71. The minimum absolute atomic E-state index is 0.303. The van der Waals surface area contributed by atoms with Crippen molar-refractivity contribution in [2.45, 2.75) is 59.5 Å². The molecule has 4 nitrogen and oxygen atoms in total. The molecule has 0 aliphatic carbocycles. The van der Waals surface area contributed by atoms with Gasteiger partial charge in [-0.25, -0.2) is 0 Å². The molecule has 2 atom stereocenters. The Labute approximate surface area is 187 Å². The van der Waals surface area contributed by atoms with E-state index in [1.807, 2.05) is 52.0 Å². The van der Waals surface area contributed by atoms with Crippen molar-refractivity contribution in [1.82, 2.24) is 0 Å². The Hall–Kier alpha value is -2.56. The monoisotopic (exact) mass is 424 g/mol. The van der Waals surface area contributed by atoms with Crippen molar-refractivity contribution < 1.29 is 18.9 Å². The van der Waals surface area contributed by atoms with Gasteiger partial charge in [0.05, 0.1) is 13.2 Å². The zero-order valence-corrected chi connectivity index (χ0v) is 19.5. The fourth-order valence-electron chi connectivity index (χ4n) is 3.19. The number of hydrogen-bond donors (Lipinski definition) is 0. The number of rotatable bonds is 13. The maximum absolute atomic E-state index is 5.83. The SMILES string of the molecule is C=C(C)COC(C)Oc1ccc(C(CC)c2ccc(OC(C)OCC(=C)C)cc2)cc1. The summed E-state index contributed by atoms with van der Waals surface area (Å²) in [7, 11) is 0. The summed E-state index contributed by atoms with van der Waals surface area (Å²) in [6.07, 6.45) is 0.356. The Bertz CT molecular complexity index is 754. The first kappa shape index (κ1) is 24.7. The lowest BCUT2D eigenvalue weighted by molar-refractivity contribution is -0.0575. The van der Waals surface area contributed by atoms with Gasteiger partial charge < -0.3 is 18.9 Å². The van der Waals surface area contributed by atoms with Gasteiger partial charge in [0.15, 0.2) is 12.6 Å².